The van der Waals surface area contributed by atoms with Crippen molar-refractivity contribution in [2.45, 2.75) is 19.8 Å². The van der Waals surface area contributed by atoms with Gasteiger partial charge in [-0.2, -0.15) is 0 Å². The lowest BCUT2D eigenvalue weighted by molar-refractivity contribution is 0.0786. The molecule has 0 aliphatic rings. The van der Waals surface area contributed by atoms with E-state index in [-0.39, 0.29) is 5.91 Å². The lowest BCUT2D eigenvalue weighted by atomic mass is 10.1. The molecule has 0 aliphatic carbocycles. The van der Waals surface area contributed by atoms with E-state index in [1.54, 1.807) is 44.4 Å². The van der Waals surface area contributed by atoms with Crippen LogP contribution in [0.4, 0.5) is 0 Å². The zero-order valence-electron chi connectivity index (χ0n) is 11.5. The Morgan fingerprint density at radius 2 is 1.78 bits per heavy atom. The number of hydrogen-bond acceptors (Lipinski definition) is 3. The van der Waals surface area contributed by atoms with Gasteiger partial charge in [0.2, 0.25) is 0 Å². The molecule has 0 saturated carbocycles. The van der Waals surface area contributed by atoms with E-state index < -0.39 is 0 Å². The molecule has 0 saturated heterocycles. The van der Waals surface area contributed by atoms with Gasteiger partial charge in [-0.15, -0.1) is 0 Å². The largest absolute Gasteiger partial charge is 0.496 e. The van der Waals surface area contributed by atoms with E-state index in [4.69, 9.17) is 9.47 Å². The summed E-state index contributed by atoms with van der Waals surface area (Å²) in [7, 11) is 4.90. The van der Waals surface area contributed by atoms with Crippen LogP contribution in [0, 0.1) is 0 Å². The van der Waals surface area contributed by atoms with Gasteiger partial charge in [0.1, 0.15) is 17.1 Å². The van der Waals surface area contributed by atoms with Gasteiger partial charge in [-0.25, -0.2) is 0 Å². The summed E-state index contributed by atoms with van der Waals surface area (Å²) in [4.78, 5) is 14.1. The quantitative estimate of drug-likeness (QED) is 0.780. The topological polar surface area (TPSA) is 38.8 Å². The van der Waals surface area contributed by atoms with Crippen LogP contribution >= 0.6 is 0 Å². The van der Waals surface area contributed by atoms with Gasteiger partial charge in [-0.1, -0.05) is 19.4 Å². The number of carbonyl (C=O) groups is 1. The van der Waals surface area contributed by atoms with Crippen LogP contribution in [0.2, 0.25) is 0 Å². The van der Waals surface area contributed by atoms with Crippen molar-refractivity contribution in [2.75, 3.05) is 27.8 Å². The van der Waals surface area contributed by atoms with Crippen molar-refractivity contribution < 1.29 is 14.3 Å². The Balaban J connectivity index is 3.02. The Kier molecular flexibility index (Phi) is 5.49. The Labute approximate surface area is 108 Å². The number of ether oxygens (including phenoxy) is 2. The maximum Gasteiger partial charge on any atom is 0.261 e. The zero-order chi connectivity index (χ0) is 13.5. The van der Waals surface area contributed by atoms with Crippen molar-refractivity contribution in [3.63, 3.8) is 0 Å². The Morgan fingerprint density at radius 1 is 1.22 bits per heavy atom. The molecular weight excluding hydrogens is 230 g/mol. The SMILES string of the molecule is CCCCN(C)C(=O)c1c(OC)cccc1OC. The van der Waals surface area contributed by atoms with E-state index in [2.05, 4.69) is 6.92 Å². The average molecular weight is 251 g/mol. The molecule has 0 unspecified atom stereocenters. The highest BCUT2D eigenvalue weighted by Crippen LogP contribution is 2.29. The second-order valence-corrected chi connectivity index (χ2v) is 4.12. The van der Waals surface area contributed by atoms with Crippen molar-refractivity contribution in [2.24, 2.45) is 0 Å². The summed E-state index contributed by atoms with van der Waals surface area (Å²) >= 11 is 0. The van der Waals surface area contributed by atoms with E-state index in [0.29, 0.717) is 17.1 Å². The van der Waals surface area contributed by atoms with Gasteiger partial charge in [0.05, 0.1) is 14.2 Å². The molecule has 0 aromatic heterocycles. The average Bonchev–Trinajstić information content (AvgIpc) is 2.42. The van der Waals surface area contributed by atoms with Crippen molar-refractivity contribution >= 4 is 5.91 Å². The third-order valence-electron chi connectivity index (χ3n) is 2.84. The van der Waals surface area contributed by atoms with E-state index in [0.717, 1.165) is 19.4 Å². The van der Waals surface area contributed by atoms with E-state index in [1.807, 2.05) is 0 Å². The minimum Gasteiger partial charge on any atom is -0.496 e. The number of methoxy groups -OCH3 is 2. The van der Waals surface area contributed by atoms with Crippen LogP contribution in [-0.4, -0.2) is 38.6 Å². The van der Waals surface area contributed by atoms with E-state index in [1.165, 1.54) is 0 Å². The van der Waals surface area contributed by atoms with Gasteiger partial charge in [0.25, 0.3) is 5.91 Å². The van der Waals surface area contributed by atoms with Crippen LogP contribution in [-0.2, 0) is 0 Å². The highest BCUT2D eigenvalue weighted by atomic mass is 16.5. The van der Waals surface area contributed by atoms with Gasteiger partial charge in [0, 0.05) is 13.6 Å². The predicted molar refractivity (Wildman–Crippen MR) is 71.4 cm³/mol. The van der Waals surface area contributed by atoms with Crippen LogP contribution in [0.5, 0.6) is 11.5 Å². The molecule has 1 aromatic rings. The summed E-state index contributed by atoms with van der Waals surface area (Å²) < 4.78 is 10.5. The number of hydrogen-bond donors (Lipinski definition) is 0. The maximum atomic E-state index is 12.4. The first-order chi connectivity index (χ1) is 8.65. The minimum absolute atomic E-state index is 0.0715. The monoisotopic (exact) mass is 251 g/mol. The molecule has 0 bridgehead atoms. The van der Waals surface area contributed by atoms with Crippen molar-refractivity contribution in [1.29, 1.82) is 0 Å². The summed E-state index contributed by atoms with van der Waals surface area (Å²) in [6, 6.07) is 5.34. The van der Waals surface area contributed by atoms with Gasteiger partial charge >= 0.3 is 0 Å². The van der Waals surface area contributed by atoms with Gasteiger partial charge in [-0.3, -0.25) is 4.79 Å². The molecule has 0 heterocycles. The molecule has 18 heavy (non-hydrogen) atoms. The van der Waals surface area contributed by atoms with Crippen LogP contribution < -0.4 is 9.47 Å². The van der Waals surface area contributed by atoms with Crippen molar-refractivity contribution in [3.05, 3.63) is 23.8 Å². The summed E-state index contributed by atoms with van der Waals surface area (Å²) in [5.74, 6) is 1.02. The van der Waals surface area contributed by atoms with Gasteiger partial charge in [-0.05, 0) is 18.6 Å². The molecule has 4 nitrogen and oxygen atoms in total. The smallest absolute Gasteiger partial charge is 0.261 e. The zero-order valence-corrected chi connectivity index (χ0v) is 11.5. The molecule has 1 amide bonds. The summed E-state index contributed by atoms with van der Waals surface area (Å²) in [5.41, 5.74) is 0.487. The summed E-state index contributed by atoms with van der Waals surface area (Å²) in [6.07, 6.45) is 2.04. The number of nitrogens with zero attached hydrogens (tertiary/aromatic N) is 1. The van der Waals surface area contributed by atoms with Crippen molar-refractivity contribution in [3.8, 4) is 11.5 Å². The third-order valence-corrected chi connectivity index (χ3v) is 2.84. The molecule has 0 spiro atoms. The van der Waals surface area contributed by atoms with Crippen LogP contribution in [0.3, 0.4) is 0 Å². The molecule has 100 valence electrons. The van der Waals surface area contributed by atoms with E-state index >= 15 is 0 Å². The van der Waals surface area contributed by atoms with Crippen LogP contribution in [0.25, 0.3) is 0 Å². The molecule has 1 aromatic carbocycles. The number of rotatable bonds is 6. The van der Waals surface area contributed by atoms with Crippen molar-refractivity contribution in [1.82, 2.24) is 4.90 Å². The fraction of sp³-hybridized carbons (Fsp3) is 0.500. The highest BCUT2D eigenvalue weighted by Gasteiger charge is 2.20. The standard InChI is InChI=1S/C14H21NO3/c1-5-6-10-15(2)14(16)13-11(17-3)8-7-9-12(13)18-4/h7-9H,5-6,10H2,1-4H3. The number of benzene rings is 1. The first kappa shape index (κ1) is 14.4. The Morgan fingerprint density at radius 3 is 2.22 bits per heavy atom. The molecular formula is C14H21NO3. The predicted octanol–water partition coefficient (Wildman–Crippen LogP) is 2.58. The Hall–Kier alpha value is -1.71. The van der Waals surface area contributed by atoms with Crippen LogP contribution in [0.15, 0.2) is 18.2 Å². The fourth-order valence-electron chi connectivity index (χ4n) is 1.75. The van der Waals surface area contributed by atoms with E-state index in [9.17, 15) is 4.79 Å². The van der Waals surface area contributed by atoms with Crippen LogP contribution in [0.1, 0.15) is 30.1 Å². The molecule has 0 atom stereocenters. The second kappa shape index (κ2) is 6.89. The number of carbonyl (C=O) groups excluding carboxylic acids is 1. The fourth-order valence-corrected chi connectivity index (χ4v) is 1.75. The van der Waals surface area contributed by atoms with Gasteiger partial charge < -0.3 is 14.4 Å². The lowest BCUT2D eigenvalue weighted by Crippen LogP contribution is -2.28. The Bertz CT molecular complexity index is 382. The first-order valence-electron chi connectivity index (χ1n) is 6.12. The molecule has 0 fully saturated rings. The molecule has 0 N–H and O–H groups in total. The highest BCUT2D eigenvalue weighted by molar-refractivity contribution is 5.99. The summed E-state index contributed by atoms with van der Waals surface area (Å²) in [6.45, 7) is 2.83. The normalized spacial score (nSPS) is 10.0. The first-order valence-corrected chi connectivity index (χ1v) is 6.12. The number of unbranched alkanes of at least 4 members (excludes halogenated alkanes) is 1. The number of amides is 1. The maximum absolute atomic E-state index is 12.4. The molecule has 0 aliphatic heterocycles. The van der Waals surface area contributed by atoms with Gasteiger partial charge in [0.15, 0.2) is 0 Å². The second-order valence-electron chi connectivity index (χ2n) is 4.12. The minimum atomic E-state index is -0.0715. The lowest BCUT2D eigenvalue weighted by Gasteiger charge is -2.20. The molecule has 4 heteroatoms. The summed E-state index contributed by atoms with van der Waals surface area (Å²) in [5, 5.41) is 0. The molecule has 1 rings (SSSR count). The third kappa shape index (κ3) is 3.15. The molecule has 0 radical (unpaired) electrons.